The molecule has 0 saturated heterocycles. The third-order valence-electron chi connectivity index (χ3n) is 2.85. The van der Waals surface area contributed by atoms with Crippen LogP contribution in [0, 0.1) is 11.7 Å². The van der Waals surface area contributed by atoms with Crippen LogP contribution in [0.4, 0.5) is 10.1 Å². The Hall–Kier alpha value is -1.79. The Morgan fingerprint density at radius 1 is 1.45 bits per heavy atom. The van der Waals surface area contributed by atoms with Crippen LogP contribution in [-0.4, -0.2) is 18.8 Å². The van der Waals surface area contributed by atoms with E-state index in [1.165, 1.54) is 30.3 Å². The normalized spacial score (nSPS) is 12.3. The molecule has 0 bridgehead atoms. The van der Waals surface area contributed by atoms with Gasteiger partial charge in [-0.25, -0.2) is 10.2 Å². The molecule has 0 heterocycles. The Morgan fingerprint density at radius 2 is 2.10 bits per heavy atom. The van der Waals surface area contributed by atoms with Crippen LogP contribution in [0.5, 0.6) is 5.75 Å². The van der Waals surface area contributed by atoms with Crippen molar-refractivity contribution in [3.05, 3.63) is 35.4 Å². The van der Waals surface area contributed by atoms with Gasteiger partial charge in [-0.3, -0.25) is 5.01 Å². The molecule has 0 spiro atoms. The van der Waals surface area contributed by atoms with E-state index in [2.05, 4.69) is 0 Å². The Labute approximate surface area is 118 Å². The summed E-state index contributed by atoms with van der Waals surface area (Å²) < 4.78 is 19.0. The largest absolute Gasteiger partial charge is 0.497 e. The lowest BCUT2D eigenvalue weighted by atomic mass is 10.1. The number of halogens is 1. The fourth-order valence-electron chi connectivity index (χ4n) is 1.81. The van der Waals surface area contributed by atoms with Crippen LogP contribution in [0.3, 0.4) is 0 Å². The average molecular weight is 283 g/mol. The summed E-state index contributed by atoms with van der Waals surface area (Å²) in [6.07, 6.45) is 0.527. The van der Waals surface area contributed by atoms with Gasteiger partial charge >= 0.3 is 0 Å². The molecule has 1 aromatic rings. The summed E-state index contributed by atoms with van der Waals surface area (Å²) in [5.41, 5.74) is 6.65. The van der Waals surface area contributed by atoms with E-state index in [0.717, 1.165) is 0 Å². The first-order chi connectivity index (χ1) is 9.40. The highest BCUT2D eigenvalue weighted by molar-refractivity contribution is 5.55. The zero-order valence-electron chi connectivity index (χ0n) is 12.1. The van der Waals surface area contributed by atoms with Crippen molar-refractivity contribution < 1.29 is 14.2 Å². The number of nitrogens with two attached hydrogens (primary N) is 2. The zero-order chi connectivity index (χ0) is 15.3. The lowest BCUT2D eigenvalue weighted by molar-refractivity contribution is 0.326. The van der Waals surface area contributed by atoms with Gasteiger partial charge in [-0.1, -0.05) is 13.8 Å². The summed E-state index contributed by atoms with van der Waals surface area (Å²) in [7, 11) is 1.49. The number of benzene rings is 1. The van der Waals surface area contributed by atoms with E-state index in [4.69, 9.17) is 16.3 Å². The van der Waals surface area contributed by atoms with E-state index in [9.17, 15) is 9.50 Å². The second-order valence-corrected chi connectivity index (χ2v) is 4.92. The van der Waals surface area contributed by atoms with E-state index >= 15 is 0 Å². The average Bonchev–Trinajstić information content (AvgIpc) is 2.43. The van der Waals surface area contributed by atoms with Gasteiger partial charge in [-0.15, -0.1) is 0 Å². The third kappa shape index (κ3) is 3.85. The van der Waals surface area contributed by atoms with Gasteiger partial charge in [0, 0.05) is 6.07 Å². The molecule has 20 heavy (non-hydrogen) atoms. The predicted molar refractivity (Wildman–Crippen MR) is 77.4 cm³/mol. The number of rotatable bonds is 6. The number of nitrogens with zero attached hydrogens (tertiary/aromatic N) is 1. The topological polar surface area (TPSA) is 84.7 Å². The van der Waals surface area contributed by atoms with E-state index < -0.39 is 5.82 Å². The maximum absolute atomic E-state index is 13.9. The Bertz CT molecular complexity index is 489. The third-order valence-corrected chi connectivity index (χ3v) is 2.85. The van der Waals surface area contributed by atoms with Crippen molar-refractivity contribution in [2.75, 3.05) is 18.7 Å². The van der Waals surface area contributed by atoms with Crippen molar-refractivity contribution in [3.8, 4) is 5.75 Å². The highest BCUT2D eigenvalue weighted by Gasteiger charge is 2.17. The van der Waals surface area contributed by atoms with Gasteiger partial charge < -0.3 is 15.6 Å². The van der Waals surface area contributed by atoms with Crippen molar-refractivity contribution in [1.82, 2.24) is 0 Å². The molecular weight excluding hydrogens is 261 g/mol. The number of aliphatic hydroxyl groups is 1. The lowest BCUT2D eigenvalue weighted by Crippen LogP contribution is -2.34. The molecule has 0 aliphatic carbocycles. The van der Waals surface area contributed by atoms with Crippen LogP contribution in [0.25, 0.3) is 0 Å². The van der Waals surface area contributed by atoms with Crippen LogP contribution in [0.2, 0.25) is 0 Å². The van der Waals surface area contributed by atoms with Gasteiger partial charge in [0.15, 0.2) is 0 Å². The molecule has 5 nitrogen and oxygen atoms in total. The van der Waals surface area contributed by atoms with Crippen LogP contribution in [0.1, 0.15) is 20.3 Å². The Morgan fingerprint density at radius 3 is 2.60 bits per heavy atom. The number of aliphatic hydroxyl groups excluding tert-OH is 1. The van der Waals surface area contributed by atoms with Crippen LogP contribution in [-0.2, 0) is 0 Å². The number of hydrogen-bond acceptors (Lipinski definition) is 5. The molecule has 0 aromatic heterocycles. The summed E-state index contributed by atoms with van der Waals surface area (Å²) in [5, 5.41) is 10.4. The van der Waals surface area contributed by atoms with Crippen LogP contribution < -0.4 is 21.3 Å². The first kappa shape index (κ1) is 16.3. The maximum atomic E-state index is 13.9. The minimum atomic E-state index is -0.486. The standard InChI is InChI=1S/C14H22FN3O2/c1-9(2)6-14(12(16)8-19)18(17)13-7-10(20-3)4-5-11(13)15/h4-5,7,9,19H,6,8,16-17H2,1-3H3/b14-12-. The minimum Gasteiger partial charge on any atom is -0.497 e. The minimum absolute atomic E-state index is 0.149. The van der Waals surface area contributed by atoms with E-state index in [0.29, 0.717) is 17.9 Å². The number of ether oxygens (including phenoxy) is 1. The van der Waals surface area contributed by atoms with Gasteiger partial charge in [-0.2, -0.15) is 0 Å². The smallest absolute Gasteiger partial charge is 0.148 e. The van der Waals surface area contributed by atoms with Gasteiger partial charge in [0.25, 0.3) is 0 Å². The van der Waals surface area contributed by atoms with Gasteiger partial charge in [0.2, 0.25) is 0 Å². The van der Waals surface area contributed by atoms with E-state index in [-0.39, 0.29) is 23.9 Å². The van der Waals surface area contributed by atoms with E-state index in [1.807, 2.05) is 13.8 Å². The second kappa shape index (κ2) is 7.12. The number of anilines is 1. The van der Waals surface area contributed by atoms with Crippen LogP contribution in [0.15, 0.2) is 29.6 Å². The number of hydrazine groups is 1. The molecule has 5 N–H and O–H groups in total. The molecule has 0 aliphatic rings. The highest BCUT2D eigenvalue weighted by Crippen LogP contribution is 2.28. The summed E-state index contributed by atoms with van der Waals surface area (Å²) in [5.74, 6) is 6.24. The highest BCUT2D eigenvalue weighted by atomic mass is 19.1. The molecule has 0 atom stereocenters. The first-order valence-corrected chi connectivity index (χ1v) is 6.37. The van der Waals surface area contributed by atoms with Gasteiger partial charge in [0.1, 0.15) is 11.6 Å². The summed E-state index contributed by atoms with van der Waals surface area (Å²) >= 11 is 0. The molecular formula is C14H22FN3O2. The molecule has 112 valence electrons. The van der Waals surface area contributed by atoms with Crippen molar-refractivity contribution >= 4 is 5.69 Å². The number of hydrogen-bond donors (Lipinski definition) is 3. The molecule has 6 heteroatoms. The lowest BCUT2D eigenvalue weighted by Gasteiger charge is -2.25. The summed E-state index contributed by atoms with van der Waals surface area (Å²) in [6, 6.07) is 4.27. The fraction of sp³-hybridized carbons (Fsp3) is 0.429. The Balaban J connectivity index is 3.21. The molecule has 1 rings (SSSR count). The van der Waals surface area contributed by atoms with Crippen molar-refractivity contribution in [3.63, 3.8) is 0 Å². The first-order valence-electron chi connectivity index (χ1n) is 6.37. The number of allylic oxidation sites excluding steroid dienone is 1. The van der Waals surface area contributed by atoms with Gasteiger partial charge in [-0.05, 0) is 24.5 Å². The summed E-state index contributed by atoms with van der Waals surface area (Å²) in [6.45, 7) is 3.64. The van der Waals surface area contributed by atoms with Gasteiger partial charge in [0.05, 0.1) is 30.8 Å². The summed E-state index contributed by atoms with van der Waals surface area (Å²) in [4.78, 5) is 0. The molecule has 0 amide bonds. The molecule has 0 radical (unpaired) electrons. The fourth-order valence-corrected chi connectivity index (χ4v) is 1.81. The quantitative estimate of drug-likeness (QED) is 0.547. The Kier molecular flexibility index (Phi) is 5.79. The molecule has 0 saturated carbocycles. The second-order valence-electron chi connectivity index (χ2n) is 4.92. The predicted octanol–water partition coefficient (Wildman–Crippen LogP) is 1.72. The van der Waals surface area contributed by atoms with Crippen molar-refractivity contribution in [2.24, 2.45) is 17.5 Å². The van der Waals surface area contributed by atoms with Crippen molar-refractivity contribution in [2.45, 2.75) is 20.3 Å². The maximum Gasteiger partial charge on any atom is 0.148 e. The van der Waals surface area contributed by atoms with Crippen LogP contribution >= 0.6 is 0 Å². The molecule has 0 unspecified atom stereocenters. The number of methoxy groups -OCH3 is 1. The molecule has 0 aliphatic heterocycles. The SMILES string of the molecule is COc1ccc(F)c(N(N)/C(CC(C)C)=C(\N)CO)c1. The zero-order valence-corrected chi connectivity index (χ0v) is 12.1. The monoisotopic (exact) mass is 283 g/mol. The molecule has 1 aromatic carbocycles. The van der Waals surface area contributed by atoms with E-state index in [1.54, 1.807) is 0 Å². The molecule has 0 fully saturated rings. The van der Waals surface area contributed by atoms with Crippen molar-refractivity contribution in [1.29, 1.82) is 0 Å².